The molecule has 132 valence electrons. The summed E-state index contributed by atoms with van der Waals surface area (Å²) in [6.45, 7) is 2.97. The van der Waals surface area contributed by atoms with E-state index in [4.69, 9.17) is 11.6 Å². The fraction of sp³-hybridized carbons (Fsp3) is 0.611. The van der Waals surface area contributed by atoms with Gasteiger partial charge in [0.25, 0.3) is 5.92 Å². The van der Waals surface area contributed by atoms with E-state index in [0.29, 0.717) is 0 Å². The number of rotatable bonds is 3. The van der Waals surface area contributed by atoms with Gasteiger partial charge in [-0.3, -0.25) is 9.69 Å². The quantitative estimate of drug-likeness (QED) is 0.822. The second kappa shape index (κ2) is 7.36. The maximum Gasteiger partial charge on any atom is 0.251 e. The first-order chi connectivity index (χ1) is 11.4. The van der Waals surface area contributed by atoms with Crippen molar-refractivity contribution >= 4 is 17.5 Å². The van der Waals surface area contributed by atoms with Gasteiger partial charge < -0.3 is 4.90 Å². The zero-order chi connectivity index (χ0) is 17.2. The zero-order valence-corrected chi connectivity index (χ0v) is 14.4. The Bertz CT molecular complexity index is 561. The molecule has 3 nitrogen and oxygen atoms in total. The molecule has 2 heterocycles. The molecule has 1 amide bonds. The van der Waals surface area contributed by atoms with E-state index in [0.717, 1.165) is 37.5 Å². The van der Waals surface area contributed by atoms with Crippen LogP contribution < -0.4 is 0 Å². The number of benzene rings is 1. The summed E-state index contributed by atoms with van der Waals surface area (Å²) in [4.78, 5) is 16.5. The van der Waals surface area contributed by atoms with E-state index in [2.05, 4.69) is 4.90 Å². The zero-order valence-electron chi connectivity index (χ0n) is 13.7. The van der Waals surface area contributed by atoms with Gasteiger partial charge in [-0.25, -0.2) is 8.78 Å². The summed E-state index contributed by atoms with van der Waals surface area (Å²) in [6.07, 6.45) is 1.21. The number of carbonyl (C=O) groups is 1. The number of alkyl halides is 2. The molecule has 0 N–H and O–H groups in total. The lowest BCUT2D eigenvalue weighted by Gasteiger charge is -2.37. The van der Waals surface area contributed by atoms with Crippen molar-refractivity contribution in [1.29, 1.82) is 0 Å². The van der Waals surface area contributed by atoms with Crippen molar-refractivity contribution in [2.24, 2.45) is 5.92 Å². The molecule has 0 radical (unpaired) electrons. The summed E-state index contributed by atoms with van der Waals surface area (Å²) in [5, 5.41) is 0.732. The van der Waals surface area contributed by atoms with Gasteiger partial charge in [-0.1, -0.05) is 23.7 Å². The number of hydrogen-bond acceptors (Lipinski definition) is 2. The maximum atomic E-state index is 13.2. The van der Waals surface area contributed by atoms with E-state index in [1.54, 1.807) is 4.90 Å². The fourth-order valence-electron chi connectivity index (χ4n) is 3.50. The Morgan fingerprint density at radius 3 is 2.25 bits per heavy atom. The molecule has 1 aromatic rings. The van der Waals surface area contributed by atoms with Gasteiger partial charge in [0.05, 0.1) is 0 Å². The Balaban J connectivity index is 1.46. The molecule has 0 aromatic heterocycles. The van der Waals surface area contributed by atoms with Crippen molar-refractivity contribution in [1.82, 2.24) is 9.80 Å². The second-order valence-electron chi connectivity index (χ2n) is 6.86. The number of carbonyl (C=O) groups excluding carboxylic acids is 1. The lowest BCUT2D eigenvalue weighted by Crippen LogP contribution is -2.47. The van der Waals surface area contributed by atoms with Crippen LogP contribution >= 0.6 is 11.6 Å². The summed E-state index contributed by atoms with van der Waals surface area (Å²) in [5.74, 6) is -2.55. The molecule has 3 rings (SSSR count). The van der Waals surface area contributed by atoms with Crippen LogP contribution in [-0.4, -0.2) is 47.8 Å². The van der Waals surface area contributed by atoms with Gasteiger partial charge in [0.2, 0.25) is 5.91 Å². The number of likely N-dealkylation sites (tertiary alicyclic amines) is 2. The molecule has 0 saturated carbocycles. The number of halogens is 3. The van der Waals surface area contributed by atoms with E-state index >= 15 is 0 Å². The van der Waals surface area contributed by atoms with Crippen LogP contribution in [0.4, 0.5) is 8.78 Å². The first-order valence-corrected chi connectivity index (χ1v) is 8.94. The Morgan fingerprint density at radius 2 is 1.67 bits per heavy atom. The molecule has 2 saturated heterocycles. The van der Waals surface area contributed by atoms with Crippen molar-refractivity contribution in [3.8, 4) is 0 Å². The van der Waals surface area contributed by atoms with Crippen LogP contribution in [0.1, 0.15) is 31.2 Å². The van der Waals surface area contributed by atoms with Gasteiger partial charge in [0.1, 0.15) is 0 Å². The molecule has 2 aliphatic rings. The van der Waals surface area contributed by atoms with E-state index < -0.39 is 5.92 Å². The van der Waals surface area contributed by atoms with E-state index in [1.807, 2.05) is 24.3 Å². The summed E-state index contributed by atoms with van der Waals surface area (Å²) in [7, 11) is 0. The maximum absolute atomic E-state index is 13.2. The van der Waals surface area contributed by atoms with Crippen molar-refractivity contribution in [3.05, 3.63) is 34.9 Å². The molecule has 0 spiro atoms. The predicted molar refractivity (Wildman–Crippen MR) is 90.2 cm³/mol. The number of piperidine rings is 2. The third-order valence-electron chi connectivity index (χ3n) is 5.06. The molecule has 6 heteroatoms. The smallest absolute Gasteiger partial charge is 0.251 e. The summed E-state index contributed by atoms with van der Waals surface area (Å²) < 4.78 is 26.4. The molecule has 1 aromatic carbocycles. The molecule has 24 heavy (non-hydrogen) atoms. The fourth-order valence-corrected chi connectivity index (χ4v) is 3.62. The van der Waals surface area contributed by atoms with E-state index in [-0.39, 0.29) is 37.8 Å². The average Bonchev–Trinajstić information content (AvgIpc) is 2.57. The molecule has 0 unspecified atom stereocenters. The van der Waals surface area contributed by atoms with Gasteiger partial charge in [-0.15, -0.1) is 0 Å². The second-order valence-corrected chi connectivity index (χ2v) is 7.29. The first kappa shape index (κ1) is 17.6. The van der Waals surface area contributed by atoms with Crippen LogP contribution in [0.3, 0.4) is 0 Å². The lowest BCUT2D eigenvalue weighted by atomic mass is 9.93. The van der Waals surface area contributed by atoms with Crippen LogP contribution in [0.15, 0.2) is 24.3 Å². The van der Waals surface area contributed by atoms with Crippen molar-refractivity contribution in [3.63, 3.8) is 0 Å². The first-order valence-electron chi connectivity index (χ1n) is 8.56. The third kappa shape index (κ3) is 4.45. The monoisotopic (exact) mass is 356 g/mol. The molecule has 0 aliphatic carbocycles. The van der Waals surface area contributed by atoms with Gasteiger partial charge in [0.15, 0.2) is 0 Å². The van der Waals surface area contributed by atoms with Crippen LogP contribution in [0.5, 0.6) is 0 Å². The SMILES string of the molecule is O=C(C1CCN(Cc2ccc(Cl)cc2)CC1)N1CCC(F)(F)CC1. The highest BCUT2D eigenvalue weighted by Gasteiger charge is 2.37. The van der Waals surface area contributed by atoms with Gasteiger partial charge in [-0.2, -0.15) is 0 Å². The third-order valence-corrected chi connectivity index (χ3v) is 5.31. The molecule has 2 fully saturated rings. The van der Waals surface area contributed by atoms with Gasteiger partial charge >= 0.3 is 0 Å². The Kier molecular flexibility index (Phi) is 5.40. The van der Waals surface area contributed by atoms with Crippen LogP contribution in [0, 0.1) is 5.92 Å². The molecular formula is C18H23ClF2N2O. The van der Waals surface area contributed by atoms with Crippen LogP contribution in [-0.2, 0) is 11.3 Å². The lowest BCUT2D eigenvalue weighted by molar-refractivity contribution is -0.143. The van der Waals surface area contributed by atoms with Crippen molar-refractivity contribution in [2.45, 2.75) is 38.2 Å². The topological polar surface area (TPSA) is 23.6 Å². The number of nitrogens with zero attached hydrogens (tertiary/aromatic N) is 2. The summed E-state index contributed by atoms with van der Waals surface area (Å²) in [6, 6.07) is 7.82. The van der Waals surface area contributed by atoms with Crippen LogP contribution in [0.25, 0.3) is 0 Å². The summed E-state index contributed by atoms with van der Waals surface area (Å²) >= 11 is 5.90. The van der Waals surface area contributed by atoms with Crippen molar-refractivity contribution < 1.29 is 13.6 Å². The molecule has 2 aliphatic heterocycles. The van der Waals surface area contributed by atoms with Crippen molar-refractivity contribution in [2.75, 3.05) is 26.2 Å². The summed E-state index contributed by atoms with van der Waals surface area (Å²) in [5.41, 5.74) is 1.21. The highest BCUT2D eigenvalue weighted by Crippen LogP contribution is 2.30. The molecule has 0 bridgehead atoms. The predicted octanol–water partition coefficient (Wildman–Crippen LogP) is 3.81. The minimum atomic E-state index is -2.60. The molecule has 0 atom stereocenters. The van der Waals surface area contributed by atoms with Crippen LogP contribution in [0.2, 0.25) is 5.02 Å². The highest BCUT2D eigenvalue weighted by atomic mass is 35.5. The van der Waals surface area contributed by atoms with E-state index in [1.165, 1.54) is 5.56 Å². The van der Waals surface area contributed by atoms with Gasteiger partial charge in [-0.05, 0) is 43.6 Å². The van der Waals surface area contributed by atoms with E-state index in [9.17, 15) is 13.6 Å². The Hall–Kier alpha value is -1.20. The Labute approximate surface area is 146 Å². The average molecular weight is 357 g/mol. The minimum absolute atomic E-state index is 0.0156. The Morgan fingerprint density at radius 1 is 1.08 bits per heavy atom. The number of hydrogen-bond donors (Lipinski definition) is 0. The normalized spacial score (nSPS) is 22.5. The number of amides is 1. The van der Waals surface area contributed by atoms with Gasteiger partial charge in [0, 0.05) is 43.4 Å². The largest absolute Gasteiger partial charge is 0.342 e. The molecular weight excluding hydrogens is 334 g/mol. The minimum Gasteiger partial charge on any atom is -0.342 e. The highest BCUT2D eigenvalue weighted by molar-refractivity contribution is 6.30. The standard InChI is InChI=1S/C18H23ClF2N2O/c19-16-3-1-14(2-4-16)13-22-9-5-15(6-10-22)17(24)23-11-7-18(20,21)8-12-23/h1-4,15H,5-13H2.